The molecule has 0 unspecified atom stereocenters. The van der Waals surface area contributed by atoms with Gasteiger partial charge in [0, 0.05) is 13.1 Å². The Bertz CT molecular complexity index is 849. The van der Waals surface area contributed by atoms with E-state index in [0.29, 0.717) is 0 Å². The van der Waals surface area contributed by atoms with Crippen LogP contribution in [0.2, 0.25) is 0 Å². The summed E-state index contributed by atoms with van der Waals surface area (Å²) < 4.78 is 75.1. The summed E-state index contributed by atoms with van der Waals surface area (Å²) in [5, 5.41) is 5.03. The van der Waals surface area contributed by atoms with Crippen molar-refractivity contribution < 1.29 is 30.7 Å². The number of furan rings is 1. The molecule has 7 nitrogen and oxygen atoms in total. The van der Waals surface area contributed by atoms with Gasteiger partial charge in [-0.15, -0.1) is 0 Å². The van der Waals surface area contributed by atoms with Gasteiger partial charge in [0.15, 0.2) is 5.76 Å². The Labute approximate surface area is 141 Å². The molecule has 1 N–H and O–H groups in total. The minimum atomic E-state index is -4.58. The zero-order valence-corrected chi connectivity index (χ0v) is 14.2. The predicted octanol–water partition coefficient (Wildman–Crippen LogP) is 2.49. The van der Waals surface area contributed by atoms with Crippen LogP contribution in [0.4, 0.5) is 13.2 Å². The van der Waals surface area contributed by atoms with Crippen molar-refractivity contribution in [3.8, 4) is 11.5 Å². The second-order valence-electron chi connectivity index (χ2n) is 5.86. The molecular weight excluding hydrogens is 363 g/mol. The van der Waals surface area contributed by atoms with Gasteiger partial charge in [0.05, 0.1) is 12.2 Å². The highest BCUT2D eigenvalue weighted by atomic mass is 32.2. The number of nitrogens with zero attached hydrogens (tertiary/aromatic N) is 2. The van der Waals surface area contributed by atoms with Gasteiger partial charge in [0.25, 0.3) is 10.0 Å². The average Bonchev–Trinajstić information content (AvgIpc) is 3.15. The molecule has 2 aromatic heterocycles. The molecule has 1 saturated heterocycles. The Balaban J connectivity index is 1.86. The molecule has 25 heavy (non-hydrogen) atoms. The highest BCUT2D eigenvalue weighted by Gasteiger charge is 2.35. The number of ether oxygens (including phenoxy) is 1. The summed E-state index contributed by atoms with van der Waals surface area (Å²) in [5.74, 6) is -0.0697. The second-order valence-corrected chi connectivity index (χ2v) is 7.73. The maximum absolute atomic E-state index is 12.7. The third-order valence-electron chi connectivity index (χ3n) is 3.70. The first kappa shape index (κ1) is 18.0. The van der Waals surface area contributed by atoms with Gasteiger partial charge in [-0.2, -0.15) is 22.6 Å². The van der Waals surface area contributed by atoms with Crippen molar-refractivity contribution in [3.63, 3.8) is 0 Å². The van der Waals surface area contributed by atoms with E-state index in [1.807, 2.05) is 5.10 Å². The third kappa shape index (κ3) is 3.58. The van der Waals surface area contributed by atoms with Gasteiger partial charge in [-0.3, -0.25) is 5.10 Å². The number of morpholine rings is 1. The molecule has 0 aromatic carbocycles. The summed E-state index contributed by atoms with van der Waals surface area (Å²) in [5.41, 5.74) is -1.17. The third-order valence-corrected chi connectivity index (χ3v) is 5.40. The quantitative estimate of drug-likeness (QED) is 0.885. The van der Waals surface area contributed by atoms with Crippen molar-refractivity contribution in [3.05, 3.63) is 23.9 Å². The van der Waals surface area contributed by atoms with Crippen LogP contribution in [0.3, 0.4) is 0 Å². The van der Waals surface area contributed by atoms with E-state index in [1.54, 1.807) is 13.8 Å². The van der Waals surface area contributed by atoms with Crippen LogP contribution >= 0.6 is 0 Å². The molecule has 1 aliphatic rings. The lowest BCUT2D eigenvalue weighted by molar-refractivity contribution is -0.141. The van der Waals surface area contributed by atoms with E-state index in [0.717, 1.165) is 6.07 Å². The largest absolute Gasteiger partial charge is 0.442 e. The molecule has 0 spiro atoms. The fourth-order valence-electron chi connectivity index (χ4n) is 2.64. The van der Waals surface area contributed by atoms with Crippen molar-refractivity contribution in [1.82, 2.24) is 14.5 Å². The smallest absolute Gasteiger partial charge is 0.432 e. The van der Waals surface area contributed by atoms with Gasteiger partial charge >= 0.3 is 6.18 Å². The Hall–Kier alpha value is -1.85. The topological polar surface area (TPSA) is 88.4 Å². The van der Waals surface area contributed by atoms with E-state index in [4.69, 9.17) is 9.15 Å². The molecule has 0 aliphatic carbocycles. The summed E-state index contributed by atoms with van der Waals surface area (Å²) in [6.07, 6.45) is -5.12. The molecular formula is C14H16F3N3O4S. The molecule has 3 rings (SSSR count). The number of halogens is 3. The summed E-state index contributed by atoms with van der Waals surface area (Å²) in [7, 11) is -3.91. The van der Waals surface area contributed by atoms with Gasteiger partial charge in [0.2, 0.25) is 5.09 Å². The number of alkyl halides is 3. The molecule has 2 atom stereocenters. The highest BCUT2D eigenvalue weighted by molar-refractivity contribution is 7.89. The van der Waals surface area contributed by atoms with Crippen LogP contribution in [0.15, 0.2) is 27.7 Å². The number of aromatic nitrogens is 2. The van der Waals surface area contributed by atoms with Crippen molar-refractivity contribution in [1.29, 1.82) is 0 Å². The first-order chi connectivity index (χ1) is 11.6. The molecule has 138 valence electrons. The number of hydrogen-bond acceptors (Lipinski definition) is 5. The number of hydrogen-bond donors (Lipinski definition) is 1. The standard InChI is InChI=1S/C14H16F3N3O4S/c1-8-6-20(7-9(2)23-8)25(21,22)13-4-3-11(24-13)10-5-12(19-18-10)14(15,16)17/h3-5,8-9H,6-7H2,1-2H3,(H,18,19)/t8-,9+. The lowest BCUT2D eigenvalue weighted by Crippen LogP contribution is -2.47. The Morgan fingerprint density at radius 2 is 1.88 bits per heavy atom. The molecule has 0 radical (unpaired) electrons. The lowest BCUT2D eigenvalue weighted by atomic mass is 10.3. The number of H-pyrrole nitrogens is 1. The van der Waals surface area contributed by atoms with E-state index < -0.39 is 21.9 Å². The lowest BCUT2D eigenvalue weighted by Gasteiger charge is -2.33. The molecule has 2 aromatic rings. The molecule has 3 heterocycles. The van der Waals surface area contributed by atoms with E-state index in [1.165, 1.54) is 16.4 Å². The second kappa shape index (κ2) is 6.15. The molecule has 11 heteroatoms. The van der Waals surface area contributed by atoms with Gasteiger partial charge in [-0.1, -0.05) is 0 Å². The minimum Gasteiger partial charge on any atom is -0.442 e. The van der Waals surface area contributed by atoms with Crippen molar-refractivity contribution in [2.45, 2.75) is 37.3 Å². The maximum atomic E-state index is 12.7. The summed E-state index contributed by atoms with van der Waals surface area (Å²) in [6, 6.07) is 3.24. The Kier molecular flexibility index (Phi) is 4.41. The van der Waals surface area contributed by atoms with Crippen LogP contribution in [0.5, 0.6) is 0 Å². The van der Waals surface area contributed by atoms with E-state index in [2.05, 4.69) is 5.10 Å². The van der Waals surface area contributed by atoms with E-state index in [9.17, 15) is 21.6 Å². The molecule has 0 saturated carbocycles. The molecule has 0 bridgehead atoms. The van der Waals surface area contributed by atoms with Crippen molar-refractivity contribution >= 4 is 10.0 Å². The molecule has 0 amide bonds. The summed E-state index contributed by atoms with van der Waals surface area (Å²) in [4.78, 5) is 0. The number of sulfonamides is 1. The number of rotatable bonds is 3. The zero-order chi connectivity index (χ0) is 18.4. The van der Waals surface area contributed by atoms with Crippen LogP contribution in [-0.2, 0) is 20.9 Å². The van der Waals surface area contributed by atoms with Crippen LogP contribution in [-0.4, -0.2) is 48.2 Å². The fraction of sp³-hybridized carbons (Fsp3) is 0.500. The first-order valence-corrected chi connectivity index (χ1v) is 8.90. The predicted molar refractivity (Wildman–Crippen MR) is 80.1 cm³/mol. The molecule has 1 fully saturated rings. The average molecular weight is 379 g/mol. The van der Waals surface area contributed by atoms with E-state index in [-0.39, 0.29) is 41.8 Å². The Morgan fingerprint density at radius 3 is 2.44 bits per heavy atom. The SMILES string of the molecule is C[C@@H]1CN(S(=O)(=O)c2ccc(-c3cc(C(F)(F)F)[nH]n3)o2)C[C@H](C)O1. The summed E-state index contributed by atoms with van der Waals surface area (Å²) >= 11 is 0. The normalized spacial score (nSPS) is 23.1. The highest BCUT2D eigenvalue weighted by Crippen LogP contribution is 2.32. The van der Waals surface area contributed by atoms with Crippen LogP contribution < -0.4 is 0 Å². The monoisotopic (exact) mass is 379 g/mol. The van der Waals surface area contributed by atoms with Gasteiger partial charge in [0.1, 0.15) is 11.4 Å². The van der Waals surface area contributed by atoms with Crippen LogP contribution in [0, 0.1) is 0 Å². The summed E-state index contributed by atoms with van der Waals surface area (Å²) in [6.45, 7) is 3.86. The fourth-order valence-corrected chi connectivity index (χ4v) is 4.15. The van der Waals surface area contributed by atoms with Crippen LogP contribution in [0.25, 0.3) is 11.5 Å². The molecule has 1 aliphatic heterocycles. The van der Waals surface area contributed by atoms with Crippen LogP contribution in [0.1, 0.15) is 19.5 Å². The number of aromatic amines is 1. The van der Waals surface area contributed by atoms with Gasteiger partial charge in [-0.25, -0.2) is 8.42 Å². The van der Waals surface area contributed by atoms with Gasteiger partial charge < -0.3 is 9.15 Å². The van der Waals surface area contributed by atoms with Gasteiger partial charge in [-0.05, 0) is 32.0 Å². The van der Waals surface area contributed by atoms with Crippen molar-refractivity contribution in [2.24, 2.45) is 0 Å². The minimum absolute atomic E-state index is 0.0697. The first-order valence-electron chi connectivity index (χ1n) is 7.46. The Morgan fingerprint density at radius 1 is 1.24 bits per heavy atom. The van der Waals surface area contributed by atoms with E-state index >= 15 is 0 Å². The maximum Gasteiger partial charge on any atom is 0.432 e. The number of nitrogens with one attached hydrogen (secondary N) is 1. The zero-order valence-electron chi connectivity index (χ0n) is 13.4. The van der Waals surface area contributed by atoms with Crippen molar-refractivity contribution in [2.75, 3.05) is 13.1 Å².